The van der Waals surface area contributed by atoms with Crippen LogP contribution in [0, 0.1) is 0 Å². The van der Waals surface area contributed by atoms with Gasteiger partial charge in [0, 0.05) is 19.5 Å². The number of carbonyl (C=O) groups is 1. The molecule has 0 bridgehead atoms. The van der Waals surface area contributed by atoms with Crippen LogP contribution in [0.5, 0.6) is 5.75 Å². The zero-order valence-corrected chi connectivity index (χ0v) is 19.9. The number of aromatic nitrogens is 2. The Hall–Kier alpha value is -2.19. The number of likely N-dealkylation sites (tertiary alicyclic amines) is 1. The molecule has 1 aromatic heterocycles. The van der Waals surface area contributed by atoms with Gasteiger partial charge in [-0.2, -0.15) is 0 Å². The predicted molar refractivity (Wildman–Crippen MR) is 124 cm³/mol. The third-order valence-electron chi connectivity index (χ3n) is 5.88. The Kier molecular flexibility index (Phi) is 6.72. The summed E-state index contributed by atoms with van der Waals surface area (Å²) >= 11 is 6.83. The van der Waals surface area contributed by atoms with Crippen LogP contribution >= 0.6 is 11.6 Å². The molecule has 176 valence electrons. The van der Waals surface area contributed by atoms with E-state index in [1.807, 2.05) is 37.5 Å². The Bertz CT molecular complexity index is 965. The van der Waals surface area contributed by atoms with Crippen molar-refractivity contribution in [3.05, 3.63) is 17.2 Å². The highest BCUT2D eigenvalue weighted by atomic mass is 35.5. The average Bonchev–Trinajstić information content (AvgIpc) is 3.30. The van der Waals surface area contributed by atoms with E-state index < -0.39 is 5.60 Å². The highest BCUT2D eigenvalue weighted by Crippen LogP contribution is 2.38. The highest BCUT2D eigenvalue weighted by molar-refractivity contribution is 6.36. The smallest absolute Gasteiger partial charge is 0.410 e. The minimum Gasteiger partial charge on any atom is -0.486 e. The predicted octanol–water partition coefficient (Wildman–Crippen LogP) is 4.79. The number of halogens is 1. The molecule has 4 rings (SSSR count). The van der Waals surface area contributed by atoms with Gasteiger partial charge in [-0.25, -0.2) is 9.78 Å². The van der Waals surface area contributed by atoms with Crippen LogP contribution in [-0.2, 0) is 9.47 Å². The van der Waals surface area contributed by atoms with Crippen molar-refractivity contribution in [2.75, 3.05) is 32.0 Å². The summed E-state index contributed by atoms with van der Waals surface area (Å²) in [5.74, 6) is 0.989. The lowest BCUT2D eigenvalue weighted by Crippen LogP contribution is -2.41. The molecule has 0 unspecified atom stereocenters. The molecule has 9 heteroatoms. The molecule has 8 nitrogen and oxygen atoms in total. The molecule has 2 aliphatic heterocycles. The van der Waals surface area contributed by atoms with Gasteiger partial charge in [0.05, 0.1) is 30.3 Å². The van der Waals surface area contributed by atoms with Crippen molar-refractivity contribution in [1.82, 2.24) is 14.5 Å². The third kappa shape index (κ3) is 5.07. The molecule has 0 radical (unpaired) electrons. The SMILES string of the molecule is CC(C)(C)OC(=O)N1CCCCC[C@@H](n2c(N)nc3ccc(O[C@@H]4CCOC4)c(Cl)c32)C1. The van der Waals surface area contributed by atoms with Gasteiger partial charge in [0.25, 0.3) is 0 Å². The molecule has 0 saturated carbocycles. The molecule has 2 aliphatic rings. The van der Waals surface area contributed by atoms with E-state index >= 15 is 0 Å². The van der Waals surface area contributed by atoms with Crippen LogP contribution in [0.4, 0.5) is 10.7 Å². The monoisotopic (exact) mass is 464 g/mol. The van der Waals surface area contributed by atoms with Crippen molar-refractivity contribution in [2.24, 2.45) is 0 Å². The first-order chi connectivity index (χ1) is 15.2. The second-order valence-corrected chi connectivity index (χ2v) is 10.00. The van der Waals surface area contributed by atoms with E-state index in [-0.39, 0.29) is 18.2 Å². The summed E-state index contributed by atoms with van der Waals surface area (Å²) in [6.45, 7) is 8.03. The molecule has 3 heterocycles. The molecule has 1 amide bonds. The number of fused-ring (bicyclic) bond motifs is 1. The Morgan fingerprint density at radius 2 is 2.06 bits per heavy atom. The van der Waals surface area contributed by atoms with Crippen molar-refractivity contribution in [2.45, 2.75) is 70.6 Å². The van der Waals surface area contributed by atoms with E-state index in [1.54, 1.807) is 4.90 Å². The van der Waals surface area contributed by atoms with Crippen LogP contribution in [-0.4, -0.2) is 58.6 Å². The van der Waals surface area contributed by atoms with Crippen LogP contribution < -0.4 is 10.5 Å². The number of ether oxygens (including phenoxy) is 3. The molecule has 2 aromatic rings. The van der Waals surface area contributed by atoms with Crippen molar-refractivity contribution in [1.29, 1.82) is 0 Å². The molecule has 2 saturated heterocycles. The Balaban J connectivity index is 1.66. The second kappa shape index (κ2) is 9.35. The maximum atomic E-state index is 12.8. The Labute approximate surface area is 193 Å². The number of benzene rings is 1. The molecule has 0 aliphatic carbocycles. The van der Waals surface area contributed by atoms with E-state index in [0.717, 1.165) is 37.6 Å². The molecular weight excluding hydrogens is 432 g/mol. The fourth-order valence-electron chi connectivity index (χ4n) is 4.39. The van der Waals surface area contributed by atoms with Crippen LogP contribution in [0.1, 0.15) is 58.9 Å². The molecular formula is C23H33ClN4O4. The standard InChI is InChI=1S/C23H33ClN4O4/c1-23(2,3)32-22(29)27-11-6-4-5-7-15(13-27)28-20-17(26-21(28)25)8-9-18(19(20)24)31-16-10-12-30-14-16/h8-9,15-16H,4-7,10-14H2,1-3H3,(H2,25,26)/t15-,16-/m1/s1. The lowest BCUT2D eigenvalue weighted by molar-refractivity contribution is 0.0207. The fourth-order valence-corrected chi connectivity index (χ4v) is 4.69. The molecule has 1 aromatic carbocycles. The van der Waals surface area contributed by atoms with Crippen molar-refractivity contribution in [3.63, 3.8) is 0 Å². The quantitative estimate of drug-likeness (QED) is 0.701. The van der Waals surface area contributed by atoms with Gasteiger partial charge in [-0.15, -0.1) is 0 Å². The number of hydrogen-bond donors (Lipinski definition) is 1. The van der Waals surface area contributed by atoms with E-state index in [2.05, 4.69) is 4.98 Å². The summed E-state index contributed by atoms with van der Waals surface area (Å²) in [4.78, 5) is 19.2. The third-order valence-corrected chi connectivity index (χ3v) is 6.24. The van der Waals surface area contributed by atoms with E-state index in [0.29, 0.717) is 48.5 Å². The van der Waals surface area contributed by atoms with E-state index in [4.69, 9.17) is 31.5 Å². The number of rotatable bonds is 3. The number of nitrogens with two attached hydrogens (primary N) is 1. The van der Waals surface area contributed by atoms with Crippen LogP contribution in [0.2, 0.25) is 5.02 Å². The summed E-state index contributed by atoms with van der Waals surface area (Å²) in [5, 5.41) is 0.490. The number of amides is 1. The minimum absolute atomic E-state index is 0.0114. The van der Waals surface area contributed by atoms with Crippen LogP contribution in [0.15, 0.2) is 12.1 Å². The topological polar surface area (TPSA) is 91.8 Å². The number of nitrogen functional groups attached to an aromatic ring is 1. The molecule has 0 spiro atoms. The van der Waals surface area contributed by atoms with Gasteiger partial charge < -0.3 is 29.4 Å². The van der Waals surface area contributed by atoms with Gasteiger partial charge in [-0.3, -0.25) is 0 Å². The maximum Gasteiger partial charge on any atom is 0.410 e. The number of imidazole rings is 1. The maximum absolute atomic E-state index is 12.8. The van der Waals surface area contributed by atoms with Gasteiger partial charge in [0.15, 0.2) is 0 Å². The number of hydrogen-bond acceptors (Lipinski definition) is 6. The molecule has 2 atom stereocenters. The van der Waals surface area contributed by atoms with Gasteiger partial charge >= 0.3 is 6.09 Å². The summed E-state index contributed by atoms with van der Waals surface area (Å²) in [7, 11) is 0. The number of carbonyl (C=O) groups excluding carboxylic acids is 1. The van der Waals surface area contributed by atoms with Gasteiger partial charge in [0.1, 0.15) is 22.5 Å². The zero-order valence-electron chi connectivity index (χ0n) is 19.1. The summed E-state index contributed by atoms with van der Waals surface area (Å²) in [6, 6.07) is 3.66. The molecule has 2 fully saturated rings. The van der Waals surface area contributed by atoms with Crippen LogP contribution in [0.3, 0.4) is 0 Å². The van der Waals surface area contributed by atoms with Gasteiger partial charge in [-0.05, 0) is 45.7 Å². The number of nitrogens with zero attached hydrogens (tertiary/aromatic N) is 3. The average molecular weight is 465 g/mol. The second-order valence-electron chi connectivity index (χ2n) is 9.62. The summed E-state index contributed by atoms with van der Waals surface area (Å²) in [6.07, 6.45) is 4.42. The molecule has 2 N–H and O–H groups in total. The summed E-state index contributed by atoms with van der Waals surface area (Å²) < 4.78 is 19.1. The first-order valence-corrected chi connectivity index (χ1v) is 11.8. The first kappa shape index (κ1) is 23.0. The first-order valence-electron chi connectivity index (χ1n) is 11.4. The Morgan fingerprint density at radius 1 is 1.25 bits per heavy atom. The fraction of sp³-hybridized carbons (Fsp3) is 0.652. The van der Waals surface area contributed by atoms with E-state index in [1.165, 1.54) is 0 Å². The highest BCUT2D eigenvalue weighted by Gasteiger charge is 2.29. The minimum atomic E-state index is -0.546. The van der Waals surface area contributed by atoms with Crippen molar-refractivity contribution < 1.29 is 19.0 Å². The largest absolute Gasteiger partial charge is 0.486 e. The van der Waals surface area contributed by atoms with Crippen molar-refractivity contribution >= 4 is 34.7 Å². The molecule has 32 heavy (non-hydrogen) atoms. The van der Waals surface area contributed by atoms with Gasteiger partial charge in [-0.1, -0.05) is 24.4 Å². The van der Waals surface area contributed by atoms with E-state index in [9.17, 15) is 4.79 Å². The summed E-state index contributed by atoms with van der Waals surface area (Å²) in [5.41, 5.74) is 7.29. The van der Waals surface area contributed by atoms with Crippen molar-refractivity contribution in [3.8, 4) is 5.75 Å². The zero-order chi connectivity index (χ0) is 22.9. The Morgan fingerprint density at radius 3 is 2.78 bits per heavy atom. The lowest BCUT2D eigenvalue weighted by Gasteiger charge is -2.33. The van der Waals surface area contributed by atoms with Gasteiger partial charge in [0.2, 0.25) is 5.95 Å². The number of anilines is 1. The van der Waals surface area contributed by atoms with Crippen LogP contribution in [0.25, 0.3) is 11.0 Å². The normalized spacial score (nSPS) is 22.6. The lowest BCUT2D eigenvalue weighted by atomic mass is 10.0.